The molecule has 0 atom stereocenters. The summed E-state index contributed by atoms with van der Waals surface area (Å²) in [6, 6.07) is 2.12. The van der Waals surface area contributed by atoms with Crippen LogP contribution in [0.1, 0.15) is 40.9 Å². The molecule has 1 aromatic heterocycles. The monoisotopic (exact) mass is 304 g/mol. The molecule has 1 rings (SSSR count). The van der Waals surface area contributed by atoms with Crippen molar-refractivity contribution in [1.82, 2.24) is 0 Å². The second kappa shape index (κ2) is 5.32. The highest BCUT2D eigenvalue weighted by Crippen LogP contribution is 2.33. The molecule has 0 aromatic carbocycles. The summed E-state index contributed by atoms with van der Waals surface area (Å²) in [5.74, 6) is -0.226. The average molecular weight is 305 g/mol. The molecule has 0 aliphatic rings. The molecule has 1 heterocycles. The topological polar surface area (TPSA) is 26.3 Å². The smallest absolute Gasteiger partial charge is 0.348 e. The van der Waals surface area contributed by atoms with Crippen molar-refractivity contribution in [2.45, 2.75) is 32.6 Å². The Bertz CT molecular complexity index is 377. The highest BCUT2D eigenvalue weighted by Gasteiger charge is 2.22. The Morgan fingerprint density at radius 3 is 2.56 bits per heavy atom. The van der Waals surface area contributed by atoms with Gasteiger partial charge in [-0.25, -0.2) is 4.79 Å². The summed E-state index contributed by atoms with van der Waals surface area (Å²) in [5, 5.41) is 0.858. The van der Waals surface area contributed by atoms with E-state index < -0.39 is 0 Å². The molecule has 0 unspecified atom stereocenters. The van der Waals surface area contributed by atoms with Crippen LogP contribution in [0.3, 0.4) is 0 Å². The third kappa shape index (κ3) is 3.08. The van der Waals surface area contributed by atoms with Crippen molar-refractivity contribution < 1.29 is 9.53 Å². The number of aryl methyl sites for hydroxylation is 1. The van der Waals surface area contributed by atoms with Crippen molar-refractivity contribution >= 4 is 33.2 Å². The Morgan fingerprint density at radius 1 is 1.50 bits per heavy atom. The van der Waals surface area contributed by atoms with E-state index in [0.29, 0.717) is 0 Å². The van der Waals surface area contributed by atoms with Crippen LogP contribution < -0.4 is 0 Å². The third-order valence-corrected chi connectivity index (χ3v) is 4.26. The number of ether oxygens (including phenoxy) is 1. The van der Waals surface area contributed by atoms with Crippen molar-refractivity contribution in [3.63, 3.8) is 0 Å². The van der Waals surface area contributed by atoms with Crippen molar-refractivity contribution in [2.75, 3.05) is 12.4 Å². The molecule has 0 fully saturated rings. The Kier molecular flexibility index (Phi) is 4.56. The first kappa shape index (κ1) is 13.7. The van der Waals surface area contributed by atoms with Crippen molar-refractivity contribution in [2.24, 2.45) is 0 Å². The summed E-state index contributed by atoms with van der Waals surface area (Å²) in [6.07, 6.45) is 0.858. The molecule has 0 bridgehead atoms. The number of hydrogen-bond acceptors (Lipinski definition) is 3. The van der Waals surface area contributed by atoms with Gasteiger partial charge >= 0.3 is 5.97 Å². The maximum absolute atomic E-state index is 11.6. The van der Waals surface area contributed by atoms with Crippen molar-refractivity contribution in [3.8, 4) is 0 Å². The molecule has 0 aliphatic carbocycles. The molecule has 0 amide bonds. The number of thiophene rings is 1. The van der Waals surface area contributed by atoms with Crippen LogP contribution in [0, 0.1) is 0 Å². The highest BCUT2D eigenvalue weighted by atomic mass is 79.9. The fourth-order valence-corrected chi connectivity index (χ4v) is 2.96. The van der Waals surface area contributed by atoms with Crippen LogP contribution in [0.4, 0.5) is 0 Å². The minimum atomic E-state index is -0.226. The predicted octanol–water partition coefficient (Wildman–Crippen LogP) is 3.77. The SMILES string of the molecule is COC(=O)c1sc(C(C)(C)C)cc1CCBr. The lowest BCUT2D eigenvalue weighted by Gasteiger charge is -2.15. The second-order valence-corrected chi connectivity index (χ2v) is 6.49. The van der Waals surface area contributed by atoms with Gasteiger partial charge in [0.1, 0.15) is 4.88 Å². The first-order valence-electron chi connectivity index (χ1n) is 5.17. The molecule has 0 N–H and O–H groups in total. The van der Waals surface area contributed by atoms with E-state index >= 15 is 0 Å². The van der Waals surface area contributed by atoms with Gasteiger partial charge in [-0.15, -0.1) is 11.3 Å². The molecular formula is C12H17BrO2S. The number of esters is 1. The van der Waals surface area contributed by atoms with E-state index in [4.69, 9.17) is 4.74 Å². The molecule has 0 radical (unpaired) electrons. The van der Waals surface area contributed by atoms with E-state index in [2.05, 4.69) is 42.8 Å². The third-order valence-electron chi connectivity index (χ3n) is 2.28. The molecular weight excluding hydrogens is 288 g/mol. The maximum atomic E-state index is 11.6. The van der Waals surface area contributed by atoms with Gasteiger partial charge in [0, 0.05) is 10.2 Å². The standard InChI is InChI=1S/C12H17BrO2S/c1-12(2,3)9-7-8(5-6-13)10(16-9)11(14)15-4/h7H,5-6H2,1-4H3. The molecule has 2 nitrogen and oxygen atoms in total. The number of alkyl halides is 1. The van der Waals surface area contributed by atoms with E-state index in [1.54, 1.807) is 11.3 Å². The fraction of sp³-hybridized carbons (Fsp3) is 0.583. The molecule has 0 spiro atoms. The summed E-state index contributed by atoms with van der Waals surface area (Å²) in [7, 11) is 1.43. The minimum absolute atomic E-state index is 0.0814. The zero-order valence-corrected chi connectivity index (χ0v) is 12.5. The Morgan fingerprint density at radius 2 is 2.12 bits per heavy atom. The van der Waals surface area contributed by atoms with E-state index in [0.717, 1.165) is 22.2 Å². The fourth-order valence-electron chi connectivity index (χ4n) is 1.35. The highest BCUT2D eigenvalue weighted by molar-refractivity contribution is 9.09. The molecule has 0 aliphatic heterocycles. The van der Waals surface area contributed by atoms with Crippen LogP contribution in [0.15, 0.2) is 6.07 Å². The van der Waals surface area contributed by atoms with Gasteiger partial charge in [-0.2, -0.15) is 0 Å². The summed E-state index contributed by atoms with van der Waals surface area (Å²) >= 11 is 4.95. The lowest BCUT2D eigenvalue weighted by Crippen LogP contribution is -2.08. The Hall–Kier alpha value is -0.350. The first-order valence-corrected chi connectivity index (χ1v) is 7.11. The predicted molar refractivity (Wildman–Crippen MR) is 71.9 cm³/mol. The van der Waals surface area contributed by atoms with E-state index in [-0.39, 0.29) is 11.4 Å². The summed E-state index contributed by atoms with van der Waals surface area (Å²) < 4.78 is 4.81. The lowest BCUT2D eigenvalue weighted by atomic mass is 9.94. The van der Waals surface area contributed by atoms with Gasteiger partial charge < -0.3 is 4.74 Å². The molecule has 0 saturated heterocycles. The van der Waals surface area contributed by atoms with Crippen molar-refractivity contribution in [1.29, 1.82) is 0 Å². The number of rotatable bonds is 3. The molecule has 16 heavy (non-hydrogen) atoms. The molecule has 0 saturated carbocycles. The van der Waals surface area contributed by atoms with Crippen LogP contribution in [-0.2, 0) is 16.6 Å². The van der Waals surface area contributed by atoms with Crippen LogP contribution >= 0.6 is 27.3 Å². The van der Waals surface area contributed by atoms with Crippen LogP contribution in [-0.4, -0.2) is 18.4 Å². The normalized spacial score (nSPS) is 11.6. The molecule has 4 heteroatoms. The number of methoxy groups -OCH3 is 1. The van der Waals surface area contributed by atoms with Crippen LogP contribution in [0.2, 0.25) is 0 Å². The summed E-state index contributed by atoms with van der Waals surface area (Å²) in [4.78, 5) is 13.6. The maximum Gasteiger partial charge on any atom is 0.348 e. The molecule has 1 aromatic rings. The van der Waals surface area contributed by atoms with Gasteiger partial charge in [-0.1, -0.05) is 36.7 Å². The van der Waals surface area contributed by atoms with E-state index in [1.807, 2.05) is 0 Å². The Labute approximate surface area is 109 Å². The van der Waals surface area contributed by atoms with Gasteiger partial charge in [0.05, 0.1) is 7.11 Å². The summed E-state index contributed by atoms with van der Waals surface area (Å²) in [5.41, 5.74) is 1.16. The van der Waals surface area contributed by atoms with Gasteiger partial charge in [0.2, 0.25) is 0 Å². The van der Waals surface area contributed by atoms with Crippen molar-refractivity contribution in [3.05, 3.63) is 21.4 Å². The van der Waals surface area contributed by atoms with Gasteiger partial charge in [-0.3, -0.25) is 0 Å². The number of carbonyl (C=O) groups excluding carboxylic acids is 1. The van der Waals surface area contributed by atoms with Gasteiger partial charge in [0.15, 0.2) is 0 Å². The lowest BCUT2D eigenvalue weighted by molar-refractivity contribution is 0.0605. The first-order chi connectivity index (χ1) is 7.40. The average Bonchev–Trinajstić information content (AvgIpc) is 2.61. The minimum Gasteiger partial charge on any atom is -0.465 e. The number of halogens is 1. The van der Waals surface area contributed by atoms with Crippen LogP contribution in [0.5, 0.6) is 0 Å². The Balaban J connectivity index is 3.15. The number of carbonyl (C=O) groups is 1. The largest absolute Gasteiger partial charge is 0.465 e. The summed E-state index contributed by atoms with van der Waals surface area (Å²) in [6.45, 7) is 6.45. The van der Waals surface area contributed by atoms with E-state index in [9.17, 15) is 4.79 Å². The second-order valence-electron chi connectivity index (χ2n) is 4.65. The number of hydrogen-bond donors (Lipinski definition) is 0. The zero-order chi connectivity index (χ0) is 12.3. The van der Waals surface area contributed by atoms with E-state index in [1.165, 1.54) is 12.0 Å². The van der Waals surface area contributed by atoms with Gasteiger partial charge in [-0.05, 0) is 23.5 Å². The molecule has 90 valence electrons. The van der Waals surface area contributed by atoms with Gasteiger partial charge in [0.25, 0.3) is 0 Å². The quantitative estimate of drug-likeness (QED) is 0.627. The van der Waals surface area contributed by atoms with Crippen LogP contribution in [0.25, 0.3) is 0 Å². The zero-order valence-electron chi connectivity index (χ0n) is 10.1.